The van der Waals surface area contributed by atoms with Gasteiger partial charge in [-0.05, 0) is 24.6 Å². The van der Waals surface area contributed by atoms with E-state index in [4.69, 9.17) is 5.11 Å². The second-order valence-electron chi connectivity index (χ2n) is 5.95. The average molecular weight is 320 g/mol. The predicted octanol–water partition coefficient (Wildman–Crippen LogP) is 1.45. The van der Waals surface area contributed by atoms with Gasteiger partial charge in [0.05, 0.1) is 6.54 Å². The van der Waals surface area contributed by atoms with Crippen LogP contribution in [0.2, 0.25) is 0 Å². The first-order valence-corrected chi connectivity index (χ1v) is 7.53. The number of nitrogens with zero attached hydrogens (tertiary/aromatic N) is 2. The molecule has 0 aromatic heterocycles. The van der Waals surface area contributed by atoms with Gasteiger partial charge < -0.3 is 14.9 Å². The standard InChI is InChI=1S/C16H17FN2O4/c17-16(15(22)23)6-8-18(10-16)14(21)11-3-1-4-12(9-11)19-7-2-5-13(19)20/h1,3-4,9H,2,5-8,10H2,(H,22,23). The first-order valence-electron chi connectivity index (χ1n) is 7.53. The molecular formula is C16H17FN2O4. The van der Waals surface area contributed by atoms with Crippen LogP contribution in [0.1, 0.15) is 29.6 Å². The Bertz CT molecular complexity index is 678. The highest BCUT2D eigenvalue weighted by Gasteiger charge is 2.47. The third-order valence-corrected chi connectivity index (χ3v) is 4.37. The van der Waals surface area contributed by atoms with Crippen LogP contribution >= 0.6 is 0 Å². The number of carboxylic acid groups (broad SMARTS) is 1. The van der Waals surface area contributed by atoms with Crippen molar-refractivity contribution in [3.05, 3.63) is 29.8 Å². The van der Waals surface area contributed by atoms with Gasteiger partial charge in [0.2, 0.25) is 11.6 Å². The van der Waals surface area contributed by atoms with Crippen molar-refractivity contribution in [2.75, 3.05) is 24.5 Å². The summed E-state index contributed by atoms with van der Waals surface area (Å²) in [5.41, 5.74) is -1.41. The molecule has 2 aliphatic rings. The van der Waals surface area contributed by atoms with Crippen molar-refractivity contribution in [3.8, 4) is 0 Å². The van der Waals surface area contributed by atoms with Crippen LogP contribution < -0.4 is 4.90 Å². The third-order valence-electron chi connectivity index (χ3n) is 4.37. The summed E-state index contributed by atoms with van der Waals surface area (Å²) in [7, 11) is 0. The number of rotatable bonds is 3. The Kier molecular flexibility index (Phi) is 3.79. The van der Waals surface area contributed by atoms with Gasteiger partial charge in [-0.3, -0.25) is 9.59 Å². The molecule has 0 aliphatic carbocycles. The van der Waals surface area contributed by atoms with Gasteiger partial charge in [-0.1, -0.05) is 6.07 Å². The Morgan fingerprint density at radius 1 is 1.26 bits per heavy atom. The summed E-state index contributed by atoms with van der Waals surface area (Å²) in [6.07, 6.45) is 1.07. The molecule has 23 heavy (non-hydrogen) atoms. The minimum Gasteiger partial charge on any atom is -0.479 e. The van der Waals surface area contributed by atoms with Gasteiger partial charge in [0.25, 0.3) is 5.91 Å². The van der Waals surface area contributed by atoms with Gasteiger partial charge in [0, 0.05) is 37.2 Å². The molecule has 2 aliphatic heterocycles. The monoisotopic (exact) mass is 320 g/mol. The van der Waals surface area contributed by atoms with Crippen LogP contribution in [0.4, 0.5) is 10.1 Å². The maximum absolute atomic E-state index is 14.1. The van der Waals surface area contributed by atoms with Crippen LogP contribution in [0, 0.1) is 0 Å². The van der Waals surface area contributed by atoms with Crippen molar-refractivity contribution >= 4 is 23.5 Å². The van der Waals surface area contributed by atoms with Crippen LogP contribution in [0.5, 0.6) is 0 Å². The Labute approximate surface area is 132 Å². The zero-order chi connectivity index (χ0) is 16.6. The van der Waals surface area contributed by atoms with Gasteiger partial charge in [-0.25, -0.2) is 9.18 Å². The number of alkyl halides is 1. The molecular weight excluding hydrogens is 303 g/mol. The number of halogens is 1. The van der Waals surface area contributed by atoms with E-state index in [1.807, 2.05) is 0 Å². The van der Waals surface area contributed by atoms with Crippen molar-refractivity contribution in [2.45, 2.75) is 24.9 Å². The number of likely N-dealkylation sites (tertiary alicyclic amines) is 1. The van der Waals surface area contributed by atoms with Crippen molar-refractivity contribution in [3.63, 3.8) is 0 Å². The van der Waals surface area contributed by atoms with E-state index >= 15 is 0 Å². The molecule has 0 radical (unpaired) electrons. The fourth-order valence-corrected chi connectivity index (χ4v) is 3.03. The van der Waals surface area contributed by atoms with E-state index in [1.54, 1.807) is 29.2 Å². The number of anilines is 1. The summed E-state index contributed by atoms with van der Waals surface area (Å²) >= 11 is 0. The molecule has 2 saturated heterocycles. The molecule has 0 saturated carbocycles. The summed E-state index contributed by atoms with van der Waals surface area (Å²) in [6, 6.07) is 6.61. The maximum atomic E-state index is 14.1. The van der Waals surface area contributed by atoms with E-state index in [0.717, 1.165) is 6.42 Å². The molecule has 1 N–H and O–H groups in total. The van der Waals surface area contributed by atoms with Crippen LogP contribution in [0.3, 0.4) is 0 Å². The SMILES string of the molecule is O=C(c1cccc(N2CCCC2=O)c1)N1CCC(F)(C(=O)O)C1. The number of hydrogen-bond donors (Lipinski definition) is 1. The number of carboxylic acids is 1. The topological polar surface area (TPSA) is 77.9 Å². The molecule has 1 atom stereocenters. The highest BCUT2D eigenvalue weighted by atomic mass is 19.1. The first-order chi connectivity index (χ1) is 10.9. The average Bonchev–Trinajstić information content (AvgIpc) is 3.14. The Balaban J connectivity index is 1.78. The van der Waals surface area contributed by atoms with Gasteiger partial charge in [-0.15, -0.1) is 0 Å². The van der Waals surface area contributed by atoms with E-state index in [-0.39, 0.29) is 18.9 Å². The third kappa shape index (κ3) is 2.78. The molecule has 122 valence electrons. The molecule has 0 bridgehead atoms. The summed E-state index contributed by atoms with van der Waals surface area (Å²) in [6.45, 7) is 0.231. The molecule has 2 amide bonds. The Morgan fingerprint density at radius 2 is 2.04 bits per heavy atom. The van der Waals surface area contributed by atoms with Gasteiger partial charge in [0.15, 0.2) is 0 Å². The number of aliphatic carboxylic acids is 1. The number of carbonyl (C=O) groups is 3. The zero-order valence-electron chi connectivity index (χ0n) is 12.5. The van der Waals surface area contributed by atoms with E-state index in [9.17, 15) is 18.8 Å². The number of amides is 2. The zero-order valence-corrected chi connectivity index (χ0v) is 12.5. The van der Waals surface area contributed by atoms with E-state index in [2.05, 4.69) is 0 Å². The van der Waals surface area contributed by atoms with Crippen molar-refractivity contribution in [1.29, 1.82) is 0 Å². The highest BCUT2D eigenvalue weighted by Crippen LogP contribution is 2.28. The quantitative estimate of drug-likeness (QED) is 0.914. The predicted molar refractivity (Wildman–Crippen MR) is 80.0 cm³/mol. The van der Waals surface area contributed by atoms with Crippen LogP contribution in [-0.2, 0) is 9.59 Å². The summed E-state index contributed by atoms with van der Waals surface area (Å²) in [5.74, 6) is -1.94. The summed E-state index contributed by atoms with van der Waals surface area (Å²) in [5, 5.41) is 8.90. The van der Waals surface area contributed by atoms with E-state index in [1.165, 1.54) is 4.90 Å². The fraction of sp³-hybridized carbons (Fsp3) is 0.438. The summed E-state index contributed by atoms with van der Waals surface area (Å²) < 4.78 is 14.1. The van der Waals surface area contributed by atoms with Crippen molar-refractivity contribution in [1.82, 2.24) is 4.90 Å². The number of carbonyl (C=O) groups excluding carboxylic acids is 2. The van der Waals surface area contributed by atoms with Gasteiger partial charge in [0.1, 0.15) is 0 Å². The largest absolute Gasteiger partial charge is 0.479 e. The smallest absolute Gasteiger partial charge is 0.343 e. The van der Waals surface area contributed by atoms with Crippen molar-refractivity contribution in [2.24, 2.45) is 0 Å². The molecule has 2 heterocycles. The molecule has 7 heteroatoms. The normalized spacial score (nSPS) is 24.3. The lowest BCUT2D eigenvalue weighted by atomic mass is 10.1. The Morgan fingerprint density at radius 3 is 2.65 bits per heavy atom. The lowest BCUT2D eigenvalue weighted by Gasteiger charge is -2.20. The second kappa shape index (κ2) is 5.64. The van der Waals surface area contributed by atoms with Gasteiger partial charge >= 0.3 is 5.97 Å². The van der Waals surface area contributed by atoms with Gasteiger partial charge in [-0.2, -0.15) is 0 Å². The number of hydrogen-bond acceptors (Lipinski definition) is 3. The molecule has 2 fully saturated rings. The molecule has 1 aromatic rings. The summed E-state index contributed by atoms with van der Waals surface area (Å²) in [4.78, 5) is 38.0. The number of benzene rings is 1. The lowest BCUT2D eigenvalue weighted by molar-refractivity contribution is -0.149. The second-order valence-corrected chi connectivity index (χ2v) is 5.95. The Hall–Kier alpha value is -2.44. The first kappa shape index (κ1) is 15.5. The van der Waals surface area contributed by atoms with Crippen molar-refractivity contribution < 1.29 is 23.9 Å². The van der Waals surface area contributed by atoms with E-state index < -0.39 is 24.1 Å². The van der Waals surface area contributed by atoms with Crippen LogP contribution in [0.15, 0.2) is 24.3 Å². The van der Waals surface area contributed by atoms with E-state index in [0.29, 0.717) is 24.2 Å². The van der Waals surface area contributed by atoms with Crippen LogP contribution in [0.25, 0.3) is 0 Å². The van der Waals surface area contributed by atoms with Crippen LogP contribution in [-0.4, -0.2) is 53.1 Å². The molecule has 1 unspecified atom stereocenters. The molecule has 0 spiro atoms. The minimum atomic E-state index is -2.38. The highest BCUT2D eigenvalue weighted by molar-refractivity contribution is 5.99. The molecule has 6 nitrogen and oxygen atoms in total. The minimum absolute atomic E-state index is 0.0180. The lowest BCUT2D eigenvalue weighted by Crippen LogP contribution is -2.39. The maximum Gasteiger partial charge on any atom is 0.343 e. The molecule has 3 rings (SSSR count). The molecule has 1 aromatic carbocycles. The fourth-order valence-electron chi connectivity index (χ4n) is 3.03.